The third-order valence-corrected chi connectivity index (χ3v) is 8.46. The molecule has 0 unspecified atom stereocenters. The summed E-state index contributed by atoms with van der Waals surface area (Å²) in [6.45, 7) is 26.1. The molecule has 2 aromatic rings. The molecular formula is C37H52N2O3. The molecule has 0 saturated heterocycles. The van der Waals surface area contributed by atoms with Crippen molar-refractivity contribution in [3.63, 3.8) is 0 Å². The number of carbonyl (C=O) groups excluding carboxylic acids is 1. The van der Waals surface area contributed by atoms with Gasteiger partial charge in [-0.3, -0.25) is 9.98 Å². The Morgan fingerprint density at radius 2 is 0.929 bits per heavy atom. The fourth-order valence-corrected chi connectivity index (χ4v) is 5.68. The van der Waals surface area contributed by atoms with Crippen LogP contribution in [0.15, 0.2) is 34.3 Å². The molecule has 1 saturated carbocycles. The fraction of sp³-hybridized carbons (Fsp3) is 0.595. The monoisotopic (exact) mass is 572 g/mol. The average molecular weight is 573 g/mol. The molecule has 2 aliphatic rings. The zero-order valence-corrected chi connectivity index (χ0v) is 28.1. The third-order valence-electron chi connectivity index (χ3n) is 8.46. The highest BCUT2D eigenvalue weighted by molar-refractivity contribution is 5.89. The van der Waals surface area contributed by atoms with Gasteiger partial charge >= 0.3 is 6.16 Å². The van der Waals surface area contributed by atoms with Crippen LogP contribution in [0.25, 0.3) is 0 Å². The van der Waals surface area contributed by atoms with Crippen molar-refractivity contribution in [2.75, 3.05) is 0 Å². The van der Waals surface area contributed by atoms with Crippen molar-refractivity contribution in [1.29, 1.82) is 0 Å². The van der Waals surface area contributed by atoms with E-state index in [9.17, 15) is 4.79 Å². The Labute approximate surface area is 254 Å². The van der Waals surface area contributed by atoms with E-state index in [-0.39, 0.29) is 33.7 Å². The molecule has 5 nitrogen and oxygen atoms in total. The summed E-state index contributed by atoms with van der Waals surface area (Å²) in [5.74, 6) is 1.03. The first-order chi connectivity index (χ1) is 19.2. The molecule has 1 fully saturated rings. The van der Waals surface area contributed by atoms with Crippen LogP contribution in [0.1, 0.15) is 142 Å². The fourth-order valence-electron chi connectivity index (χ4n) is 5.68. The zero-order valence-electron chi connectivity index (χ0n) is 28.1. The molecule has 1 heterocycles. The zero-order chi connectivity index (χ0) is 31.3. The summed E-state index contributed by atoms with van der Waals surface area (Å²) in [5.41, 5.74) is 5.13. The van der Waals surface area contributed by atoms with Gasteiger partial charge in [-0.15, -0.1) is 0 Å². The van der Waals surface area contributed by atoms with Gasteiger partial charge in [-0.1, -0.05) is 108 Å². The molecule has 4 rings (SSSR count). The number of fused-ring (bicyclic) bond motifs is 3. The Morgan fingerprint density at radius 3 is 1.24 bits per heavy atom. The SMILES string of the molecule is CC(C)(C)c1cc2c(c(C(C)(C)C)c1)OC(=O)Oc1c(cc(C(C)(C)C)cc1C(C)(C)C)C=N[C@@H]1CCCC[C@H]1N=C2. The van der Waals surface area contributed by atoms with Crippen molar-refractivity contribution in [2.45, 2.75) is 143 Å². The largest absolute Gasteiger partial charge is 0.519 e. The third kappa shape index (κ3) is 7.15. The Kier molecular flexibility index (Phi) is 8.59. The van der Waals surface area contributed by atoms with Gasteiger partial charge in [0.1, 0.15) is 11.5 Å². The smallest absolute Gasteiger partial charge is 0.394 e. The van der Waals surface area contributed by atoms with Gasteiger partial charge < -0.3 is 9.47 Å². The lowest BCUT2D eigenvalue weighted by molar-refractivity contribution is 0.150. The molecule has 0 radical (unpaired) electrons. The summed E-state index contributed by atoms with van der Waals surface area (Å²) in [6.07, 6.45) is 7.30. The van der Waals surface area contributed by atoms with Crippen LogP contribution in [0.4, 0.5) is 4.79 Å². The molecule has 0 bridgehead atoms. The molecule has 1 aliphatic heterocycles. The first-order valence-corrected chi connectivity index (χ1v) is 15.6. The lowest BCUT2D eigenvalue weighted by atomic mass is 9.79. The molecule has 0 aromatic heterocycles. The van der Waals surface area contributed by atoms with E-state index >= 15 is 0 Å². The normalized spacial score (nSPS) is 20.2. The van der Waals surface area contributed by atoms with Gasteiger partial charge in [0.15, 0.2) is 0 Å². The molecule has 2 atom stereocenters. The number of hydrogen-bond donors (Lipinski definition) is 0. The van der Waals surface area contributed by atoms with Gasteiger partial charge in [0.2, 0.25) is 0 Å². The van der Waals surface area contributed by atoms with Crippen LogP contribution >= 0.6 is 0 Å². The predicted molar refractivity (Wildman–Crippen MR) is 176 cm³/mol. The van der Waals surface area contributed by atoms with Crippen LogP contribution in [-0.2, 0) is 21.7 Å². The van der Waals surface area contributed by atoms with Gasteiger partial charge in [0.05, 0.1) is 12.1 Å². The predicted octanol–water partition coefficient (Wildman–Crippen LogP) is 9.62. The minimum atomic E-state index is -0.751. The quantitative estimate of drug-likeness (QED) is 0.233. The van der Waals surface area contributed by atoms with E-state index in [0.717, 1.165) is 47.9 Å². The van der Waals surface area contributed by atoms with E-state index in [1.54, 1.807) is 0 Å². The number of nitrogens with zero attached hydrogens (tertiary/aromatic N) is 2. The number of hydrogen-bond acceptors (Lipinski definition) is 5. The minimum absolute atomic E-state index is 0.0629. The van der Waals surface area contributed by atoms with Crippen LogP contribution in [0, 0.1) is 0 Å². The topological polar surface area (TPSA) is 60.2 Å². The standard InChI is InChI=1S/C37H52N2O3/c1-34(2,3)25-17-23-21-38-29-15-13-14-16-30(29)39-22-24-18-26(35(4,5)6)20-28(37(10,11)12)32(24)42-33(40)41-31(23)27(19-25)36(7,8)9/h17-22,29-30H,13-16H2,1-12H3/t29-,30-/m1/s1. The molecule has 228 valence electrons. The summed E-state index contributed by atoms with van der Waals surface area (Å²) in [4.78, 5) is 24.0. The number of benzene rings is 2. The highest BCUT2D eigenvalue weighted by atomic mass is 16.7. The van der Waals surface area contributed by atoms with Gasteiger partial charge in [-0.2, -0.15) is 0 Å². The first-order valence-electron chi connectivity index (χ1n) is 15.6. The number of rotatable bonds is 0. The van der Waals surface area contributed by atoms with Gasteiger partial charge in [0.25, 0.3) is 0 Å². The molecule has 1 aliphatic carbocycles. The van der Waals surface area contributed by atoms with Crippen LogP contribution < -0.4 is 9.47 Å². The summed E-state index contributed by atoms with van der Waals surface area (Å²) >= 11 is 0. The van der Waals surface area contributed by atoms with Crippen molar-refractivity contribution in [3.05, 3.63) is 57.6 Å². The van der Waals surface area contributed by atoms with Crippen molar-refractivity contribution in [1.82, 2.24) is 0 Å². The maximum absolute atomic E-state index is 13.8. The maximum atomic E-state index is 13.8. The summed E-state index contributed by atoms with van der Waals surface area (Å²) in [7, 11) is 0. The molecule has 42 heavy (non-hydrogen) atoms. The Bertz CT molecular complexity index is 1280. The van der Waals surface area contributed by atoms with Crippen molar-refractivity contribution < 1.29 is 14.3 Å². The maximum Gasteiger partial charge on any atom is 0.519 e. The van der Waals surface area contributed by atoms with Crippen molar-refractivity contribution >= 4 is 18.6 Å². The minimum Gasteiger partial charge on any atom is -0.394 e. The van der Waals surface area contributed by atoms with E-state index in [2.05, 4.69) is 107 Å². The molecule has 0 amide bonds. The van der Waals surface area contributed by atoms with Crippen molar-refractivity contribution in [2.24, 2.45) is 9.98 Å². The summed E-state index contributed by atoms with van der Waals surface area (Å²) < 4.78 is 12.4. The van der Waals surface area contributed by atoms with Crippen LogP contribution in [0.2, 0.25) is 0 Å². The van der Waals surface area contributed by atoms with Gasteiger partial charge in [0, 0.05) is 34.7 Å². The number of aliphatic imine (C=N–C) groups is 2. The molecule has 0 spiro atoms. The Balaban J connectivity index is 2.00. The Hall–Kier alpha value is -2.95. The molecule has 2 aromatic carbocycles. The van der Waals surface area contributed by atoms with Gasteiger partial charge in [-0.25, -0.2) is 4.79 Å². The number of carbonyl (C=O) groups is 1. The van der Waals surface area contributed by atoms with Crippen LogP contribution in [-0.4, -0.2) is 30.7 Å². The molecule has 5 heteroatoms. The van der Waals surface area contributed by atoms with E-state index in [4.69, 9.17) is 19.5 Å². The second-order valence-corrected chi connectivity index (χ2v) is 16.3. The average Bonchev–Trinajstić information content (AvgIpc) is 2.85. The van der Waals surface area contributed by atoms with E-state index in [1.165, 1.54) is 11.1 Å². The van der Waals surface area contributed by atoms with Crippen LogP contribution in [0.5, 0.6) is 11.5 Å². The lowest BCUT2D eigenvalue weighted by Gasteiger charge is -2.29. The van der Waals surface area contributed by atoms with E-state index < -0.39 is 6.16 Å². The second kappa shape index (κ2) is 11.3. The molecular weight excluding hydrogens is 520 g/mol. The summed E-state index contributed by atoms with van der Waals surface area (Å²) in [6, 6.07) is 8.71. The summed E-state index contributed by atoms with van der Waals surface area (Å²) in [5, 5.41) is 0. The first kappa shape index (κ1) is 32.0. The van der Waals surface area contributed by atoms with Gasteiger partial charge in [-0.05, 0) is 57.8 Å². The molecule has 0 N–H and O–H groups in total. The van der Waals surface area contributed by atoms with Crippen molar-refractivity contribution in [3.8, 4) is 11.5 Å². The Morgan fingerprint density at radius 1 is 0.571 bits per heavy atom. The van der Waals surface area contributed by atoms with E-state index in [0.29, 0.717) is 11.5 Å². The lowest BCUT2D eigenvalue weighted by Crippen LogP contribution is -2.27. The van der Waals surface area contributed by atoms with Crippen LogP contribution in [0.3, 0.4) is 0 Å². The highest BCUT2D eigenvalue weighted by Gasteiger charge is 2.32. The number of ether oxygens (including phenoxy) is 2. The highest BCUT2D eigenvalue weighted by Crippen LogP contribution is 2.41. The van der Waals surface area contributed by atoms with E-state index in [1.807, 2.05) is 12.4 Å². The second-order valence-electron chi connectivity index (χ2n) is 16.3.